The first-order chi connectivity index (χ1) is 12.0. The summed E-state index contributed by atoms with van der Waals surface area (Å²) in [5, 5.41) is 0.403. The number of amides is 1. The Morgan fingerprint density at radius 3 is 2.36 bits per heavy atom. The molecule has 1 atom stereocenters. The summed E-state index contributed by atoms with van der Waals surface area (Å²) in [6.07, 6.45) is 8.26. The fourth-order valence-corrected chi connectivity index (χ4v) is 4.91. The molecule has 1 aliphatic heterocycles. The van der Waals surface area contributed by atoms with Gasteiger partial charge in [-0.05, 0) is 55.7 Å². The second-order valence-corrected chi connectivity index (χ2v) is 8.83. The molecule has 25 heavy (non-hydrogen) atoms. The first-order valence-corrected chi connectivity index (χ1v) is 10.2. The maximum atomic E-state index is 13.5. The maximum Gasteiger partial charge on any atom is 0.229 e. The summed E-state index contributed by atoms with van der Waals surface area (Å²) >= 11 is 4.58. The van der Waals surface area contributed by atoms with Gasteiger partial charge in [0.15, 0.2) is 0 Å². The normalized spacial score (nSPS) is 22.6. The lowest BCUT2D eigenvalue weighted by Gasteiger charge is -2.43. The third-order valence-corrected chi connectivity index (χ3v) is 6.65. The molecule has 0 N–H and O–H groups in total. The van der Waals surface area contributed by atoms with Gasteiger partial charge < -0.3 is 4.90 Å². The molecule has 0 aromatic heterocycles. The number of carbonyl (C=O) groups excluding carboxylic acids is 1. The molecular formula is C21H30FNOS. The topological polar surface area (TPSA) is 20.3 Å². The van der Waals surface area contributed by atoms with Crippen LogP contribution in [0.3, 0.4) is 0 Å². The Kier molecular flexibility index (Phi) is 6.08. The van der Waals surface area contributed by atoms with Crippen LogP contribution in [0.2, 0.25) is 0 Å². The van der Waals surface area contributed by atoms with Gasteiger partial charge in [-0.3, -0.25) is 4.79 Å². The van der Waals surface area contributed by atoms with E-state index in [-0.39, 0.29) is 11.2 Å². The van der Waals surface area contributed by atoms with Crippen molar-refractivity contribution in [3.05, 3.63) is 35.6 Å². The summed E-state index contributed by atoms with van der Waals surface area (Å²) < 4.78 is 13.2. The summed E-state index contributed by atoms with van der Waals surface area (Å²) in [6.45, 7) is 3.88. The molecule has 0 spiro atoms. The Balaban J connectivity index is 1.73. The lowest BCUT2D eigenvalue weighted by Crippen LogP contribution is -2.49. The van der Waals surface area contributed by atoms with Gasteiger partial charge in [-0.1, -0.05) is 38.3 Å². The lowest BCUT2D eigenvalue weighted by molar-refractivity contribution is -0.145. The Morgan fingerprint density at radius 1 is 1.20 bits per heavy atom. The van der Waals surface area contributed by atoms with Crippen molar-refractivity contribution in [2.45, 2.75) is 63.5 Å². The van der Waals surface area contributed by atoms with E-state index in [1.54, 1.807) is 0 Å². The average Bonchev–Trinajstić information content (AvgIpc) is 2.64. The second kappa shape index (κ2) is 8.11. The summed E-state index contributed by atoms with van der Waals surface area (Å²) in [5.74, 6) is 0.740. The smallest absolute Gasteiger partial charge is 0.229 e. The van der Waals surface area contributed by atoms with E-state index in [2.05, 4.69) is 24.5 Å². The van der Waals surface area contributed by atoms with E-state index in [4.69, 9.17) is 0 Å². The quantitative estimate of drug-likeness (QED) is 0.756. The van der Waals surface area contributed by atoms with E-state index in [0.29, 0.717) is 17.1 Å². The molecule has 0 bridgehead atoms. The molecule has 1 aromatic carbocycles. The minimum Gasteiger partial charge on any atom is -0.342 e. The average molecular weight is 364 g/mol. The van der Waals surface area contributed by atoms with Crippen LogP contribution in [0.1, 0.15) is 57.4 Å². The Morgan fingerprint density at radius 2 is 1.80 bits per heavy atom. The summed E-state index contributed by atoms with van der Waals surface area (Å²) in [5.41, 5.74) is 0.797. The molecule has 1 saturated heterocycles. The first kappa shape index (κ1) is 18.8. The van der Waals surface area contributed by atoms with Gasteiger partial charge in [0.2, 0.25) is 5.91 Å². The monoisotopic (exact) mass is 363 g/mol. The number of hydrogen-bond acceptors (Lipinski definition) is 2. The van der Waals surface area contributed by atoms with E-state index in [0.717, 1.165) is 63.6 Å². The minimum absolute atomic E-state index is 0.212. The van der Waals surface area contributed by atoms with Crippen molar-refractivity contribution >= 4 is 18.5 Å². The molecule has 4 heteroatoms. The van der Waals surface area contributed by atoms with E-state index < -0.39 is 0 Å². The molecule has 2 fully saturated rings. The zero-order chi connectivity index (χ0) is 17.9. The number of halogens is 1. The summed E-state index contributed by atoms with van der Waals surface area (Å²) in [7, 11) is 0. The van der Waals surface area contributed by atoms with Crippen molar-refractivity contribution in [2.75, 3.05) is 13.1 Å². The van der Waals surface area contributed by atoms with Crippen LogP contribution < -0.4 is 0 Å². The molecule has 1 unspecified atom stereocenters. The highest BCUT2D eigenvalue weighted by Gasteiger charge is 2.42. The van der Waals surface area contributed by atoms with Crippen LogP contribution in [0.5, 0.6) is 0 Å². The van der Waals surface area contributed by atoms with E-state index >= 15 is 0 Å². The fraction of sp³-hybridized carbons (Fsp3) is 0.667. The number of piperidine rings is 1. The third kappa shape index (κ3) is 4.39. The number of benzene rings is 1. The number of hydrogen-bond donors (Lipinski definition) is 1. The zero-order valence-corrected chi connectivity index (χ0v) is 16.1. The maximum absolute atomic E-state index is 13.5. The number of thiol groups is 1. The molecule has 1 aliphatic carbocycles. The minimum atomic E-state index is -0.282. The highest BCUT2D eigenvalue weighted by Crippen LogP contribution is 2.42. The van der Waals surface area contributed by atoms with Crippen molar-refractivity contribution in [1.82, 2.24) is 4.90 Å². The summed E-state index contributed by atoms with van der Waals surface area (Å²) in [6, 6.07) is 6.70. The third-order valence-electron chi connectivity index (χ3n) is 6.23. The molecule has 0 radical (unpaired) electrons. The molecule has 2 aliphatic rings. The van der Waals surface area contributed by atoms with Crippen molar-refractivity contribution in [3.8, 4) is 0 Å². The van der Waals surface area contributed by atoms with Gasteiger partial charge in [0.25, 0.3) is 0 Å². The van der Waals surface area contributed by atoms with Gasteiger partial charge in [0.05, 0.1) is 5.41 Å². The van der Waals surface area contributed by atoms with Crippen LogP contribution in [-0.4, -0.2) is 29.1 Å². The molecule has 138 valence electrons. The molecule has 1 saturated carbocycles. The molecule has 1 amide bonds. The first-order valence-electron chi connectivity index (χ1n) is 9.72. The predicted molar refractivity (Wildman–Crippen MR) is 103 cm³/mol. The van der Waals surface area contributed by atoms with Crippen LogP contribution in [0, 0.1) is 17.2 Å². The number of carbonyl (C=O) groups is 1. The zero-order valence-electron chi connectivity index (χ0n) is 15.2. The van der Waals surface area contributed by atoms with Crippen LogP contribution >= 0.6 is 12.6 Å². The number of nitrogens with zero attached hydrogens (tertiary/aromatic N) is 1. The van der Waals surface area contributed by atoms with Crippen molar-refractivity contribution in [1.29, 1.82) is 0 Å². The summed E-state index contributed by atoms with van der Waals surface area (Å²) in [4.78, 5) is 15.6. The highest BCUT2D eigenvalue weighted by atomic mass is 32.1. The molecule has 1 aromatic rings. The largest absolute Gasteiger partial charge is 0.342 e. The second-order valence-electron chi connectivity index (χ2n) is 8.01. The molecule has 3 rings (SSSR count). The SMILES string of the molecule is CC(S)C1CCN(C(=O)C2(Cc3ccc(F)cc3)CCCCC2)CC1. The van der Waals surface area contributed by atoms with Crippen molar-refractivity contribution < 1.29 is 9.18 Å². The van der Waals surface area contributed by atoms with Gasteiger partial charge in [-0.15, -0.1) is 0 Å². The van der Waals surface area contributed by atoms with Crippen LogP contribution in [-0.2, 0) is 11.2 Å². The number of rotatable bonds is 4. The van der Waals surface area contributed by atoms with Gasteiger partial charge in [0.1, 0.15) is 5.82 Å². The lowest BCUT2D eigenvalue weighted by atomic mass is 9.69. The van der Waals surface area contributed by atoms with Crippen molar-refractivity contribution in [2.24, 2.45) is 11.3 Å². The fourth-order valence-electron chi connectivity index (χ4n) is 4.61. The van der Waals surface area contributed by atoms with Gasteiger partial charge in [-0.25, -0.2) is 4.39 Å². The van der Waals surface area contributed by atoms with Gasteiger partial charge >= 0.3 is 0 Å². The Labute approximate surface area is 156 Å². The highest BCUT2D eigenvalue weighted by molar-refractivity contribution is 7.80. The molecule has 2 nitrogen and oxygen atoms in total. The molecular weight excluding hydrogens is 333 g/mol. The standard InChI is InChI=1S/C21H30FNOS/c1-16(25)18-9-13-23(14-10-18)20(24)21(11-3-2-4-12-21)15-17-5-7-19(22)8-6-17/h5-8,16,18,25H,2-4,9-15H2,1H3. The van der Waals surface area contributed by atoms with E-state index in [1.165, 1.54) is 18.6 Å². The van der Waals surface area contributed by atoms with Crippen LogP contribution in [0.25, 0.3) is 0 Å². The van der Waals surface area contributed by atoms with Crippen molar-refractivity contribution in [3.63, 3.8) is 0 Å². The van der Waals surface area contributed by atoms with Crippen LogP contribution in [0.15, 0.2) is 24.3 Å². The van der Waals surface area contributed by atoms with E-state index in [1.807, 2.05) is 12.1 Å². The Hall–Kier alpha value is -1.03. The van der Waals surface area contributed by atoms with E-state index in [9.17, 15) is 9.18 Å². The Bertz CT molecular complexity index is 572. The van der Waals surface area contributed by atoms with Crippen LogP contribution in [0.4, 0.5) is 4.39 Å². The number of likely N-dealkylation sites (tertiary alicyclic amines) is 1. The van der Waals surface area contributed by atoms with Gasteiger partial charge in [0, 0.05) is 18.3 Å². The predicted octanol–water partition coefficient (Wildman–Crippen LogP) is 4.88. The van der Waals surface area contributed by atoms with Gasteiger partial charge in [-0.2, -0.15) is 12.6 Å². The molecule has 1 heterocycles.